The molecule has 0 atom stereocenters. The Balaban J connectivity index is 1.72. The van der Waals surface area contributed by atoms with Gasteiger partial charge in [0.1, 0.15) is 11.6 Å². The molecule has 0 aliphatic rings. The zero-order chi connectivity index (χ0) is 15.4. The van der Waals surface area contributed by atoms with Gasteiger partial charge in [-0.15, -0.1) is 0 Å². The van der Waals surface area contributed by atoms with Crippen molar-refractivity contribution in [3.05, 3.63) is 58.9 Å². The van der Waals surface area contributed by atoms with Crippen molar-refractivity contribution in [1.29, 1.82) is 0 Å². The fourth-order valence-electron chi connectivity index (χ4n) is 2.03. The number of hydrogen-bond donors (Lipinski definition) is 2. The van der Waals surface area contributed by atoms with Gasteiger partial charge in [0.2, 0.25) is 0 Å². The normalized spacial score (nSPS) is 10.6. The van der Waals surface area contributed by atoms with E-state index in [0.717, 1.165) is 22.9 Å². The molecule has 0 fully saturated rings. The van der Waals surface area contributed by atoms with Gasteiger partial charge < -0.3 is 10.3 Å². The van der Waals surface area contributed by atoms with E-state index in [1.165, 1.54) is 0 Å². The highest BCUT2D eigenvalue weighted by Crippen LogP contribution is 2.28. The van der Waals surface area contributed by atoms with E-state index < -0.39 is 0 Å². The molecule has 0 saturated heterocycles. The van der Waals surface area contributed by atoms with Gasteiger partial charge in [-0.05, 0) is 24.3 Å². The van der Waals surface area contributed by atoms with Gasteiger partial charge in [-0.2, -0.15) is 0 Å². The summed E-state index contributed by atoms with van der Waals surface area (Å²) in [5, 5.41) is 4.39. The van der Waals surface area contributed by atoms with E-state index in [4.69, 9.17) is 23.2 Å². The number of anilines is 1. The van der Waals surface area contributed by atoms with Gasteiger partial charge in [-0.3, -0.25) is 0 Å². The second kappa shape index (κ2) is 6.77. The Kier molecular flexibility index (Phi) is 4.56. The molecular formula is C15H13Cl2N5. The van der Waals surface area contributed by atoms with Crippen LogP contribution in [0.2, 0.25) is 10.0 Å². The predicted molar refractivity (Wildman–Crippen MR) is 88.3 cm³/mol. The standard InChI is InChI=1S/C15H13Cl2N5/c16-10-1-2-11(12(17)7-10)13-3-5-19-14(22-13)4-6-20-15-8-18-9-21-15/h1-3,5,7-9,20H,4,6H2,(H,18,21). The van der Waals surface area contributed by atoms with Crippen molar-refractivity contribution in [2.75, 3.05) is 11.9 Å². The van der Waals surface area contributed by atoms with Gasteiger partial charge in [0.05, 0.1) is 23.2 Å². The van der Waals surface area contributed by atoms with E-state index in [2.05, 4.69) is 25.3 Å². The summed E-state index contributed by atoms with van der Waals surface area (Å²) in [4.78, 5) is 15.8. The molecule has 112 valence electrons. The van der Waals surface area contributed by atoms with E-state index in [1.54, 1.807) is 30.9 Å². The highest BCUT2D eigenvalue weighted by Gasteiger charge is 2.07. The highest BCUT2D eigenvalue weighted by atomic mass is 35.5. The molecule has 2 aromatic heterocycles. The fourth-order valence-corrected chi connectivity index (χ4v) is 2.53. The van der Waals surface area contributed by atoms with Crippen molar-refractivity contribution in [2.24, 2.45) is 0 Å². The van der Waals surface area contributed by atoms with Crippen molar-refractivity contribution >= 4 is 29.0 Å². The minimum Gasteiger partial charge on any atom is -0.370 e. The molecular weight excluding hydrogens is 321 g/mol. The maximum atomic E-state index is 6.22. The van der Waals surface area contributed by atoms with Crippen LogP contribution in [0.4, 0.5) is 5.82 Å². The average molecular weight is 334 g/mol. The van der Waals surface area contributed by atoms with E-state index in [-0.39, 0.29) is 0 Å². The van der Waals surface area contributed by atoms with Crippen molar-refractivity contribution in [2.45, 2.75) is 6.42 Å². The summed E-state index contributed by atoms with van der Waals surface area (Å²) < 4.78 is 0. The molecule has 1 aromatic carbocycles. The fraction of sp³-hybridized carbons (Fsp3) is 0.133. The first-order valence-corrected chi connectivity index (χ1v) is 7.47. The van der Waals surface area contributed by atoms with Crippen LogP contribution in [0.1, 0.15) is 5.82 Å². The van der Waals surface area contributed by atoms with Crippen LogP contribution in [0, 0.1) is 0 Å². The zero-order valence-corrected chi connectivity index (χ0v) is 13.1. The lowest BCUT2D eigenvalue weighted by molar-refractivity contribution is 0.893. The monoisotopic (exact) mass is 333 g/mol. The van der Waals surface area contributed by atoms with Gasteiger partial charge in [-0.1, -0.05) is 23.2 Å². The molecule has 2 N–H and O–H groups in total. The summed E-state index contributed by atoms with van der Waals surface area (Å²) >= 11 is 12.1. The lowest BCUT2D eigenvalue weighted by atomic mass is 10.1. The van der Waals surface area contributed by atoms with Crippen LogP contribution >= 0.6 is 23.2 Å². The van der Waals surface area contributed by atoms with E-state index in [9.17, 15) is 0 Å². The predicted octanol–water partition coefficient (Wildman–Crippen LogP) is 3.83. The number of imidazole rings is 1. The Morgan fingerprint density at radius 1 is 1.18 bits per heavy atom. The third kappa shape index (κ3) is 3.55. The first kappa shape index (κ1) is 14.8. The van der Waals surface area contributed by atoms with E-state index in [0.29, 0.717) is 23.0 Å². The molecule has 3 rings (SSSR count). The van der Waals surface area contributed by atoms with Gasteiger partial charge in [-0.25, -0.2) is 15.0 Å². The Morgan fingerprint density at radius 2 is 2.09 bits per heavy atom. The van der Waals surface area contributed by atoms with Gasteiger partial charge >= 0.3 is 0 Å². The second-order valence-electron chi connectivity index (χ2n) is 4.62. The van der Waals surface area contributed by atoms with Crippen molar-refractivity contribution < 1.29 is 0 Å². The number of nitrogens with zero attached hydrogens (tertiary/aromatic N) is 3. The Hall–Kier alpha value is -2.11. The van der Waals surface area contributed by atoms with Crippen molar-refractivity contribution in [1.82, 2.24) is 19.9 Å². The molecule has 3 aromatic rings. The second-order valence-corrected chi connectivity index (χ2v) is 5.47. The third-order valence-corrected chi connectivity index (χ3v) is 3.62. The Labute approximate surface area is 137 Å². The number of H-pyrrole nitrogens is 1. The summed E-state index contributed by atoms with van der Waals surface area (Å²) in [6, 6.07) is 7.20. The lowest BCUT2D eigenvalue weighted by Gasteiger charge is -2.07. The summed E-state index contributed by atoms with van der Waals surface area (Å²) in [7, 11) is 0. The number of rotatable bonds is 5. The molecule has 0 saturated carbocycles. The van der Waals surface area contributed by atoms with Crippen molar-refractivity contribution in [3.63, 3.8) is 0 Å². The summed E-state index contributed by atoms with van der Waals surface area (Å²) in [6.07, 6.45) is 5.78. The maximum absolute atomic E-state index is 6.22. The molecule has 7 heteroatoms. The maximum Gasteiger partial charge on any atom is 0.130 e. The molecule has 0 aliphatic carbocycles. The minimum absolute atomic E-state index is 0.577. The number of aromatic amines is 1. The molecule has 0 radical (unpaired) electrons. The van der Waals surface area contributed by atoms with Crippen LogP contribution < -0.4 is 5.32 Å². The third-order valence-electron chi connectivity index (χ3n) is 3.07. The Morgan fingerprint density at radius 3 is 2.86 bits per heavy atom. The van der Waals surface area contributed by atoms with Crippen LogP contribution in [0.25, 0.3) is 11.3 Å². The Bertz CT molecular complexity index is 758. The molecule has 0 spiro atoms. The largest absolute Gasteiger partial charge is 0.370 e. The molecule has 2 heterocycles. The number of aromatic nitrogens is 4. The van der Waals surface area contributed by atoms with Crippen LogP contribution in [-0.2, 0) is 6.42 Å². The molecule has 0 amide bonds. The number of nitrogens with one attached hydrogen (secondary N) is 2. The van der Waals surface area contributed by atoms with Crippen LogP contribution in [-0.4, -0.2) is 26.5 Å². The van der Waals surface area contributed by atoms with Crippen LogP contribution in [0.15, 0.2) is 43.0 Å². The van der Waals surface area contributed by atoms with Crippen molar-refractivity contribution in [3.8, 4) is 11.3 Å². The van der Waals surface area contributed by atoms with E-state index in [1.807, 2.05) is 12.1 Å². The lowest BCUT2D eigenvalue weighted by Crippen LogP contribution is -2.08. The number of benzene rings is 1. The quantitative estimate of drug-likeness (QED) is 0.744. The minimum atomic E-state index is 0.577. The van der Waals surface area contributed by atoms with Gasteiger partial charge in [0.15, 0.2) is 0 Å². The zero-order valence-electron chi connectivity index (χ0n) is 11.6. The summed E-state index contributed by atoms with van der Waals surface area (Å²) in [5.74, 6) is 1.62. The smallest absolute Gasteiger partial charge is 0.130 e. The number of hydrogen-bond acceptors (Lipinski definition) is 4. The summed E-state index contributed by atoms with van der Waals surface area (Å²) in [6.45, 7) is 0.708. The van der Waals surface area contributed by atoms with E-state index >= 15 is 0 Å². The SMILES string of the molecule is Clc1ccc(-c2ccnc(CCNc3cnc[nH]3)n2)c(Cl)c1. The molecule has 22 heavy (non-hydrogen) atoms. The highest BCUT2D eigenvalue weighted by molar-refractivity contribution is 6.36. The van der Waals surface area contributed by atoms with Crippen LogP contribution in [0.5, 0.6) is 0 Å². The van der Waals surface area contributed by atoms with Gasteiger partial charge in [0, 0.05) is 29.7 Å². The van der Waals surface area contributed by atoms with Crippen LogP contribution in [0.3, 0.4) is 0 Å². The molecule has 5 nitrogen and oxygen atoms in total. The molecule has 0 bridgehead atoms. The summed E-state index contributed by atoms with van der Waals surface area (Å²) in [5.41, 5.74) is 1.63. The molecule has 0 unspecified atom stereocenters. The number of halogens is 2. The first-order valence-electron chi connectivity index (χ1n) is 6.72. The average Bonchev–Trinajstić information content (AvgIpc) is 3.01. The topological polar surface area (TPSA) is 66.5 Å². The van der Waals surface area contributed by atoms with Gasteiger partial charge in [0.25, 0.3) is 0 Å². The molecule has 0 aliphatic heterocycles. The first-order chi connectivity index (χ1) is 10.7.